The SMILES string of the molecule is Cc1cc(/C=C\c2ccc(N3CCCC3)cc2)cc(F)c1O. The third kappa shape index (κ3) is 3.14. The molecule has 0 aliphatic carbocycles. The number of phenols is 1. The van der Waals surface area contributed by atoms with Crippen LogP contribution < -0.4 is 4.90 Å². The first kappa shape index (κ1) is 14.6. The molecule has 0 radical (unpaired) electrons. The van der Waals surface area contributed by atoms with Crippen molar-refractivity contribution in [3.63, 3.8) is 0 Å². The van der Waals surface area contributed by atoms with Crippen molar-refractivity contribution < 1.29 is 9.50 Å². The van der Waals surface area contributed by atoms with Gasteiger partial charge in [0.2, 0.25) is 0 Å². The van der Waals surface area contributed by atoms with E-state index in [4.69, 9.17) is 0 Å². The van der Waals surface area contributed by atoms with Crippen molar-refractivity contribution in [2.75, 3.05) is 18.0 Å². The third-order valence-electron chi connectivity index (χ3n) is 4.11. The lowest BCUT2D eigenvalue weighted by Gasteiger charge is -2.17. The van der Waals surface area contributed by atoms with Crippen LogP contribution in [0.5, 0.6) is 5.75 Å². The summed E-state index contributed by atoms with van der Waals surface area (Å²) >= 11 is 0. The normalized spacial score (nSPS) is 14.9. The minimum atomic E-state index is -0.580. The molecule has 0 spiro atoms. The summed E-state index contributed by atoms with van der Waals surface area (Å²) in [6.07, 6.45) is 6.36. The number of hydrogen-bond acceptors (Lipinski definition) is 2. The van der Waals surface area contributed by atoms with E-state index in [0.717, 1.165) is 24.2 Å². The van der Waals surface area contributed by atoms with Crippen molar-refractivity contribution >= 4 is 17.8 Å². The van der Waals surface area contributed by atoms with E-state index >= 15 is 0 Å². The van der Waals surface area contributed by atoms with E-state index in [2.05, 4.69) is 29.2 Å². The second-order valence-electron chi connectivity index (χ2n) is 5.79. The fourth-order valence-electron chi connectivity index (χ4n) is 2.82. The summed E-state index contributed by atoms with van der Waals surface area (Å²) in [5.74, 6) is -0.851. The van der Waals surface area contributed by atoms with Gasteiger partial charge in [-0.3, -0.25) is 0 Å². The van der Waals surface area contributed by atoms with Gasteiger partial charge in [0.1, 0.15) is 0 Å². The lowest BCUT2D eigenvalue weighted by Crippen LogP contribution is -2.17. The zero-order valence-electron chi connectivity index (χ0n) is 12.7. The Balaban J connectivity index is 1.75. The quantitative estimate of drug-likeness (QED) is 0.836. The fraction of sp³-hybridized carbons (Fsp3) is 0.263. The Hall–Kier alpha value is -2.29. The minimum absolute atomic E-state index is 0.271. The molecule has 0 atom stereocenters. The van der Waals surface area contributed by atoms with Gasteiger partial charge in [-0.25, -0.2) is 4.39 Å². The Morgan fingerprint density at radius 3 is 2.27 bits per heavy atom. The van der Waals surface area contributed by atoms with Crippen LogP contribution in [0.2, 0.25) is 0 Å². The number of nitrogens with zero attached hydrogens (tertiary/aromatic N) is 1. The van der Waals surface area contributed by atoms with Gasteiger partial charge in [-0.15, -0.1) is 0 Å². The average molecular weight is 297 g/mol. The second-order valence-corrected chi connectivity index (χ2v) is 5.79. The monoisotopic (exact) mass is 297 g/mol. The predicted octanol–water partition coefficient (Wildman–Crippen LogP) is 4.61. The van der Waals surface area contributed by atoms with Gasteiger partial charge in [-0.2, -0.15) is 0 Å². The molecule has 1 heterocycles. The van der Waals surface area contributed by atoms with Crippen molar-refractivity contribution in [2.45, 2.75) is 19.8 Å². The highest BCUT2D eigenvalue weighted by atomic mass is 19.1. The molecule has 2 aromatic carbocycles. The summed E-state index contributed by atoms with van der Waals surface area (Å²) in [6, 6.07) is 11.5. The van der Waals surface area contributed by atoms with E-state index in [1.54, 1.807) is 13.0 Å². The van der Waals surface area contributed by atoms with Gasteiger partial charge < -0.3 is 10.0 Å². The van der Waals surface area contributed by atoms with Crippen LogP contribution >= 0.6 is 0 Å². The van der Waals surface area contributed by atoms with Crippen LogP contribution in [0.1, 0.15) is 29.5 Å². The Labute approximate surface area is 130 Å². The van der Waals surface area contributed by atoms with Gasteiger partial charge in [0.15, 0.2) is 11.6 Å². The van der Waals surface area contributed by atoms with Crippen LogP contribution in [0.15, 0.2) is 36.4 Å². The van der Waals surface area contributed by atoms with Crippen molar-refractivity contribution in [3.05, 3.63) is 58.9 Å². The highest BCUT2D eigenvalue weighted by molar-refractivity contribution is 5.71. The molecule has 3 rings (SSSR count). The van der Waals surface area contributed by atoms with E-state index in [-0.39, 0.29) is 5.75 Å². The molecule has 1 aliphatic rings. The lowest BCUT2D eigenvalue weighted by atomic mass is 10.1. The molecule has 114 valence electrons. The highest BCUT2D eigenvalue weighted by Crippen LogP contribution is 2.24. The number of hydrogen-bond donors (Lipinski definition) is 1. The summed E-state index contributed by atoms with van der Waals surface area (Å²) in [6.45, 7) is 3.98. The minimum Gasteiger partial charge on any atom is -0.505 e. The lowest BCUT2D eigenvalue weighted by molar-refractivity contribution is 0.428. The van der Waals surface area contributed by atoms with Gasteiger partial charge in [0.25, 0.3) is 0 Å². The van der Waals surface area contributed by atoms with Crippen molar-refractivity contribution in [1.29, 1.82) is 0 Å². The van der Waals surface area contributed by atoms with Crippen LogP contribution in [0.3, 0.4) is 0 Å². The second kappa shape index (κ2) is 6.22. The molecule has 1 fully saturated rings. The maximum Gasteiger partial charge on any atom is 0.165 e. The zero-order valence-corrected chi connectivity index (χ0v) is 12.7. The van der Waals surface area contributed by atoms with E-state index in [1.807, 2.05) is 12.2 Å². The van der Waals surface area contributed by atoms with Gasteiger partial charge >= 0.3 is 0 Å². The summed E-state index contributed by atoms with van der Waals surface area (Å²) in [7, 11) is 0. The standard InChI is InChI=1S/C19H20FNO/c1-14-12-16(13-18(20)19(14)22)5-4-15-6-8-17(9-7-15)21-10-2-3-11-21/h4-9,12-13,22H,2-3,10-11H2,1H3/b5-4-. The molecule has 0 amide bonds. The van der Waals surface area contributed by atoms with Crippen molar-refractivity contribution in [3.8, 4) is 5.75 Å². The van der Waals surface area contributed by atoms with Gasteiger partial charge in [-0.05, 0) is 60.7 Å². The molecular formula is C19H20FNO. The van der Waals surface area contributed by atoms with E-state index in [9.17, 15) is 9.50 Å². The molecular weight excluding hydrogens is 277 g/mol. The number of phenolic OH excluding ortho intramolecular Hbond substituents is 1. The van der Waals surface area contributed by atoms with Crippen LogP contribution in [0, 0.1) is 12.7 Å². The first-order valence-electron chi connectivity index (χ1n) is 7.66. The molecule has 3 heteroatoms. The van der Waals surface area contributed by atoms with E-state index in [0.29, 0.717) is 5.56 Å². The topological polar surface area (TPSA) is 23.5 Å². The van der Waals surface area contributed by atoms with Crippen molar-refractivity contribution in [1.82, 2.24) is 0 Å². The fourth-order valence-corrected chi connectivity index (χ4v) is 2.82. The van der Waals surface area contributed by atoms with Gasteiger partial charge in [-0.1, -0.05) is 24.3 Å². The maximum atomic E-state index is 13.5. The number of benzene rings is 2. The molecule has 2 nitrogen and oxygen atoms in total. The molecule has 0 bridgehead atoms. The largest absolute Gasteiger partial charge is 0.505 e. The molecule has 0 unspecified atom stereocenters. The molecule has 0 aromatic heterocycles. The zero-order chi connectivity index (χ0) is 15.5. The Kier molecular flexibility index (Phi) is 4.14. The molecule has 1 saturated heterocycles. The number of aryl methyl sites for hydroxylation is 1. The Morgan fingerprint density at radius 1 is 1.00 bits per heavy atom. The smallest absolute Gasteiger partial charge is 0.165 e. The maximum absolute atomic E-state index is 13.5. The van der Waals surface area contributed by atoms with E-state index < -0.39 is 5.82 Å². The average Bonchev–Trinajstić information content (AvgIpc) is 3.05. The van der Waals surface area contributed by atoms with Crippen molar-refractivity contribution in [2.24, 2.45) is 0 Å². The van der Waals surface area contributed by atoms with Crippen LogP contribution in [0.4, 0.5) is 10.1 Å². The summed E-state index contributed by atoms with van der Waals surface area (Å²) in [5, 5.41) is 9.45. The number of rotatable bonds is 3. The molecule has 2 aromatic rings. The predicted molar refractivity (Wildman–Crippen MR) is 89.6 cm³/mol. The summed E-state index contributed by atoms with van der Waals surface area (Å²) in [5.41, 5.74) is 3.63. The highest BCUT2D eigenvalue weighted by Gasteiger charge is 2.11. The van der Waals surface area contributed by atoms with Gasteiger partial charge in [0.05, 0.1) is 0 Å². The summed E-state index contributed by atoms with van der Waals surface area (Å²) < 4.78 is 13.5. The Morgan fingerprint density at radius 2 is 1.64 bits per heavy atom. The molecule has 22 heavy (non-hydrogen) atoms. The van der Waals surface area contributed by atoms with Crippen LogP contribution in [-0.2, 0) is 0 Å². The summed E-state index contributed by atoms with van der Waals surface area (Å²) in [4.78, 5) is 2.40. The Bertz CT molecular complexity index is 662. The number of anilines is 1. The van der Waals surface area contributed by atoms with Crippen LogP contribution in [-0.4, -0.2) is 18.2 Å². The van der Waals surface area contributed by atoms with Crippen LogP contribution in [0.25, 0.3) is 12.2 Å². The molecule has 1 N–H and O–H groups in total. The molecule has 0 saturated carbocycles. The molecule has 1 aliphatic heterocycles. The third-order valence-corrected chi connectivity index (χ3v) is 4.11. The van der Waals surface area contributed by atoms with Gasteiger partial charge in [0, 0.05) is 18.8 Å². The number of halogens is 1. The number of aromatic hydroxyl groups is 1. The first-order valence-corrected chi connectivity index (χ1v) is 7.66. The van der Waals surface area contributed by atoms with E-state index in [1.165, 1.54) is 24.6 Å². The first-order chi connectivity index (χ1) is 10.6.